The fourth-order valence-electron chi connectivity index (χ4n) is 3.28. The Balaban J connectivity index is 2.07. The molecule has 0 radical (unpaired) electrons. The van der Waals surface area contributed by atoms with E-state index in [4.69, 9.17) is 5.73 Å². The zero-order chi connectivity index (χ0) is 12.1. The number of nitrogens with two attached hydrogens (primary N) is 1. The second kappa shape index (κ2) is 6.20. The van der Waals surface area contributed by atoms with E-state index in [0.717, 1.165) is 12.3 Å². The number of rotatable bonds is 4. The maximum atomic E-state index is 6.54. The van der Waals surface area contributed by atoms with Gasteiger partial charge in [0.2, 0.25) is 0 Å². The van der Waals surface area contributed by atoms with Crippen molar-refractivity contribution < 1.29 is 0 Å². The van der Waals surface area contributed by atoms with Gasteiger partial charge in [0.1, 0.15) is 0 Å². The van der Waals surface area contributed by atoms with Gasteiger partial charge in [0.15, 0.2) is 0 Å². The fourth-order valence-corrected chi connectivity index (χ4v) is 3.28. The van der Waals surface area contributed by atoms with E-state index in [2.05, 4.69) is 37.3 Å². The second-order valence-corrected chi connectivity index (χ2v) is 5.40. The lowest BCUT2D eigenvalue weighted by Gasteiger charge is -2.33. The Labute approximate surface area is 105 Å². The molecule has 2 rings (SSSR count). The highest BCUT2D eigenvalue weighted by Gasteiger charge is 2.27. The van der Waals surface area contributed by atoms with Crippen LogP contribution in [-0.2, 0) is 0 Å². The molecule has 1 aliphatic rings. The first-order valence-electron chi connectivity index (χ1n) is 7.13. The summed E-state index contributed by atoms with van der Waals surface area (Å²) in [6.45, 7) is 2.26. The highest BCUT2D eigenvalue weighted by molar-refractivity contribution is 5.21. The zero-order valence-electron chi connectivity index (χ0n) is 10.9. The SMILES string of the molecule is CCC(c1ccccc1)C(N)C1CCCCC1. The predicted molar refractivity (Wildman–Crippen MR) is 74.0 cm³/mol. The molecule has 17 heavy (non-hydrogen) atoms. The van der Waals surface area contributed by atoms with Crippen LogP contribution in [0.5, 0.6) is 0 Å². The van der Waals surface area contributed by atoms with E-state index in [-0.39, 0.29) is 0 Å². The van der Waals surface area contributed by atoms with Crippen LogP contribution in [0.1, 0.15) is 56.9 Å². The van der Waals surface area contributed by atoms with Gasteiger partial charge in [-0.2, -0.15) is 0 Å². The van der Waals surface area contributed by atoms with Crippen LogP contribution < -0.4 is 5.73 Å². The maximum absolute atomic E-state index is 6.54. The molecular formula is C16H25N. The summed E-state index contributed by atoms with van der Waals surface area (Å²) in [4.78, 5) is 0. The molecule has 0 bridgehead atoms. The van der Waals surface area contributed by atoms with Crippen LogP contribution in [0.25, 0.3) is 0 Å². The van der Waals surface area contributed by atoms with E-state index in [0.29, 0.717) is 12.0 Å². The van der Waals surface area contributed by atoms with Gasteiger partial charge in [-0.15, -0.1) is 0 Å². The molecule has 1 aliphatic carbocycles. The quantitative estimate of drug-likeness (QED) is 0.830. The summed E-state index contributed by atoms with van der Waals surface area (Å²) in [5.41, 5.74) is 7.96. The largest absolute Gasteiger partial charge is 0.327 e. The normalized spacial score (nSPS) is 21.1. The van der Waals surface area contributed by atoms with Crippen molar-refractivity contribution >= 4 is 0 Å². The molecule has 94 valence electrons. The zero-order valence-corrected chi connectivity index (χ0v) is 10.9. The van der Waals surface area contributed by atoms with Crippen molar-refractivity contribution in [1.29, 1.82) is 0 Å². The molecular weight excluding hydrogens is 206 g/mol. The molecule has 1 saturated carbocycles. The second-order valence-electron chi connectivity index (χ2n) is 5.40. The summed E-state index contributed by atoms with van der Waals surface area (Å²) >= 11 is 0. The van der Waals surface area contributed by atoms with Crippen LogP contribution in [-0.4, -0.2) is 6.04 Å². The predicted octanol–water partition coefficient (Wildman–Crippen LogP) is 4.09. The molecule has 0 amide bonds. The minimum absolute atomic E-state index is 0.350. The molecule has 0 aromatic heterocycles. The van der Waals surface area contributed by atoms with Gasteiger partial charge in [0, 0.05) is 6.04 Å². The Hall–Kier alpha value is -0.820. The van der Waals surface area contributed by atoms with E-state index in [1.807, 2.05) is 0 Å². The van der Waals surface area contributed by atoms with Crippen molar-refractivity contribution in [3.05, 3.63) is 35.9 Å². The molecule has 2 atom stereocenters. The lowest BCUT2D eigenvalue weighted by Crippen LogP contribution is -2.37. The monoisotopic (exact) mass is 231 g/mol. The van der Waals surface area contributed by atoms with Gasteiger partial charge < -0.3 is 5.73 Å². The van der Waals surface area contributed by atoms with Gasteiger partial charge in [-0.1, -0.05) is 56.5 Å². The van der Waals surface area contributed by atoms with Gasteiger partial charge in [-0.25, -0.2) is 0 Å². The Morgan fingerprint density at radius 2 is 1.76 bits per heavy atom. The standard InChI is InChI=1S/C16H25N/c1-2-15(13-9-5-3-6-10-13)16(17)14-11-7-4-8-12-14/h3,5-6,9-10,14-16H,2,4,7-8,11-12,17H2,1H3. The highest BCUT2D eigenvalue weighted by Crippen LogP contribution is 2.33. The molecule has 1 fully saturated rings. The number of hydrogen-bond acceptors (Lipinski definition) is 1. The average molecular weight is 231 g/mol. The topological polar surface area (TPSA) is 26.0 Å². The summed E-state index contributed by atoms with van der Waals surface area (Å²) in [5.74, 6) is 1.29. The lowest BCUT2D eigenvalue weighted by molar-refractivity contribution is 0.274. The van der Waals surface area contributed by atoms with Crippen molar-refractivity contribution in [1.82, 2.24) is 0 Å². The van der Waals surface area contributed by atoms with Gasteiger partial charge in [-0.3, -0.25) is 0 Å². The summed E-state index contributed by atoms with van der Waals surface area (Å²) in [6.07, 6.45) is 8.00. The van der Waals surface area contributed by atoms with E-state index in [9.17, 15) is 0 Å². The van der Waals surface area contributed by atoms with E-state index in [1.165, 1.54) is 37.7 Å². The van der Waals surface area contributed by atoms with Crippen molar-refractivity contribution in [2.24, 2.45) is 11.7 Å². The molecule has 0 aliphatic heterocycles. The molecule has 1 aromatic carbocycles. The first-order chi connectivity index (χ1) is 8.33. The minimum Gasteiger partial charge on any atom is -0.327 e. The molecule has 0 heterocycles. The summed E-state index contributed by atoms with van der Waals surface area (Å²) in [5, 5.41) is 0. The number of hydrogen-bond donors (Lipinski definition) is 1. The van der Waals surface area contributed by atoms with Gasteiger partial charge in [0.25, 0.3) is 0 Å². The molecule has 0 spiro atoms. The Bertz CT molecular complexity index is 314. The third-order valence-electron chi connectivity index (χ3n) is 4.33. The summed E-state index contributed by atoms with van der Waals surface area (Å²) < 4.78 is 0. The minimum atomic E-state index is 0.350. The van der Waals surface area contributed by atoms with E-state index in [1.54, 1.807) is 0 Å². The van der Waals surface area contributed by atoms with Crippen molar-refractivity contribution in [2.75, 3.05) is 0 Å². The summed E-state index contributed by atoms with van der Waals surface area (Å²) in [7, 11) is 0. The van der Waals surface area contributed by atoms with Crippen LogP contribution >= 0.6 is 0 Å². The van der Waals surface area contributed by atoms with Crippen LogP contribution in [0.3, 0.4) is 0 Å². The molecule has 1 heteroatoms. The van der Waals surface area contributed by atoms with E-state index >= 15 is 0 Å². The third-order valence-corrected chi connectivity index (χ3v) is 4.33. The van der Waals surface area contributed by atoms with Crippen LogP contribution in [0, 0.1) is 5.92 Å². The number of benzene rings is 1. The van der Waals surface area contributed by atoms with E-state index < -0.39 is 0 Å². The highest BCUT2D eigenvalue weighted by atomic mass is 14.7. The van der Waals surface area contributed by atoms with Crippen molar-refractivity contribution in [3.63, 3.8) is 0 Å². The molecule has 2 N–H and O–H groups in total. The first-order valence-corrected chi connectivity index (χ1v) is 7.13. The summed E-state index contributed by atoms with van der Waals surface area (Å²) in [6, 6.07) is 11.2. The fraction of sp³-hybridized carbons (Fsp3) is 0.625. The van der Waals surface area contributed by atoms with Crippen LogP contribution in [0.4, 0.5) is 0 Å². The third kappa shape index (κ3) is 3.10. The first kappa shape index (κ1) is 12.6. The smallest absolute Gasteiger partial charge is 0.0136 e. The van der Waals surface area contributed by atoms with Crippen LogP contribution in [0.15, 0.2) is 30.3 Å². The Morgan fingerprint density at radius 3 is 2.35 bits per heavy atom. The Morgan fingerprint density at radius 1 is 1.12 bits per heavy atom. The van der Waals surface area contributed by atoms with Gasteiger partial charge in [-0.05, 0) is 36.7 Å². The molecule has 2 unspecified atom stereocenters. The maximum Gasteiger partial charge on any atom is 0.0136 e. The van der Waals surface area contributed by atoms with Gasteiger partial charge in [0.05, 0.1) is 0 Å². The Kier molecular flexibility index (Phi) is 4.61. The van der Waals surface area contributed by atoms with Crippen LogP contribution in [0.2, 0.25) is 0 Å². The average Bonchev–Trinajstić information content (AvgIpc) is 2.42. The molecule has 0 saturated heterocycles. The lowest BCUT2D eigenvalue weighted by atomic mass is 9.76. The van der Waals surface area contributed by atoms with Gasteiger partial charge >= 0.3 is 0 Å². The molecule has 1 nitrogen and oxygen atoms in total. The van der Waals surface area contributed by atoms with Crippen molar-refractivity contribution in [3.8, 4) is 0 Å². The molecule has 1 aromatic rings. The van der Waals surface area contributed by atoms with Crippen molar-refractivity contribution in [2.45, 2.75) is 57.4 Å².